The van der Waals surface area contributed by atoms with Crippen molar-refractivity contribution in [3.63, 3.8) is 0 Å². The largest absolute Gasteiger partial charge is 0.310 e. The second-order valence-corrected chi connectivity index (χ2v) is 4.46. The fourth-order valence-electron chi connectivity index (χ4n) is 2.08. The van der Waals surface area contributed by atoms with Gasteiger partial charge < -0.3 is 4.57 Å². The Bertz CT molecular complexity index is 511. The monoisotopic (exact) mass is 249 g/mol. The van der Waals surface area contributed by atoms with Crippen molar-refractivity contribution in [1.29, 1.82) is 0 Å². The molecule has 0 fully saturated rings. The van der Waals surface area contributed by atoms with Crippen molar-refractivity contribution in [3.05, 3.63) is 35.2 Å². The van der Waals surface area contributed by atoms with Crippen molar-refractivity contribution in [2.24, 2.45) is 0 Å². The van der Waals surface area contributed by atoms with Crippen molar-refractivity contribution >= 4 is 11.6 Å². The van der Waals surface area contributed by atoms with Crippen LogP contribution in [-0.2, 0) is 12.4 Å². The van der Waals surface area contributed by atoms with E-state index in [0.717, 1.165) is 23.8 Å². The van der Waals surface area contributed by atoms with Crippen LogP contribution in [-0.4, -0.2) is 14.8 Å². The van der Waals surface area contributed by atoms with E-state index in [1.165, 1.54) is 11.1 Å². The molecule has 2 rings (SSSR count). The molecule has 0 radical (unpaired) electrons. The van der Waals surface area contributed by atoms with E-state index >= 15 is 0 Å². The molecular formula is C13H16ClN3. The summed E-state index contributed by atoms with van der Waals surface area (Å²) in [5, 5.41) is 8.36. The van der Waals surface area contributed by atoms with Crippen LogP contribution in [0, 0.1) is 13.8 Å². The summed E-state index contributed by atoms with van der Waals surface area (Å²) in [4.78, 5) is 0. The highest BCUT2D eigenvalue weighted by molar-refractivity contribution is 6.16. The molecule has 0 amide bonds. The van der Waals surface area contributed by atoms with E-state index in [0.29, 0.717) is 5.88 Å². The first-order valence-electron chi connectivity index (χ1n) is 5.72. The lowest BCUT2D eigenvalue weighted by Gasteiger charge is -2.07. The van der Waals surface area contributed by atoms with Gasteiger partial charge in [-0.25, -0.2) is 0 Å². The quantitative estimate of drug-likeness (QED) is 0.782. The van der Waals surface area contributed by atoms with Crippen LogP contribution in [0.2, 0.25) is 0 Å². The van der Waals surface area contributed by atoms with Crippen LogP contribution in [0.25, 0.3) is 11.4 Å². The van der Waals surface area contributed by atoms with E-state index < -0.39 is 0 Å². The van der Waals surface area contributed by atoms with Gasteiger partial charge in [0.15, 0.2) is 5.82 Å². The van der Waals surface area contributed by atoms with Crippen molar-refractivity contribution in [3.8, 4) is 11.4 Å². The third-order valence-electron chi connectivity index (χ3n) is 2.74. The first-order valence-corrected chi connectivity index (χ1v) is 6.26. The maximum absolute atomic E-state index is 5.85. The van der Waals surface area contributed by atoms with Gasteiger partial charge in [0.25, 0.3) is 0 Å². The third-order valence-corrected chi connectivity index (χ3v) is 2.98. The molecule has 1 aromatic carbocycles. The molecule has 0 bridgehead atoms. The summed E-state index contributed by atoms with van der Waals surface area (Å²) in [7, 11) is 0. The fraction of sp³-hybridized carbons (Fsp3) is 0.385. The van der Waals surface area contributed by atoms with Crippen LogP contribution in [0.3, 0.4) is 0 Å². The second kappa shape index (κ2) is 4.88. The molecule has 0 atom stereocenters. The number of nitrogens with zero attached hydrogens (tertiary/aromatic N) is 3. The number of hydrogen-bond acceptors (Lipinski definition) is 2. The van der Waals surface area contributed by atoms with Gasteiger partial charge in [-0.1, -0.05) is 17.2 Å². The van der Waals surface area contributed by atoms with Crippen molar-refractivity contribution in [1.82, 2.24) is 14.8 Å². The van der Waals surface area contributed by atoms with Gasteiger partial charge in [0, 0.05) is 12.1 Å². The van der Waals surface area contributed by atoms with Crippen LogP contribution in [0.4, 0.5) is 0 Å². The second-order valence-electron chi connectivity index (χ2n) is 4.19. The standard InChI is InChI=1S/C13H16ClN3/c1-4-17-12(8-14)15-16-13(17)11-6-9(2)5-10(3)7-11/h5-7H,4,8H2,1-3H3. The molecule has 17 heavy (non-hydrogen) atoms. The van der Waals surface area contributed by atoms with Gasteiger partial charge in [-0.3, -0.25) is 0 Å². The summed E-state index contributed by atoms with van der Waals surface area (Å²) in [5.41, 5.74) is 3.57. The minimum absolute atomic E-state index is 0.394. The fourth-order valence-corrected chi connectivity index (χ4v) is 2.28. The summed E-state index contributed by atoms with van der Waals surface area (Å²) in [6, 6.07) is 6.40. The third kappa shape index (κ3) is 2.34. The topological polar surface area (TPSA) is 30.7 Å². The van der Waals surface area contributed by atoms with Gasteiger partial charge in [-0.15, -0.1) is 21.8 Å². The maximum atomic E-state index is 5.85. The average molecular weight is 250 g/mol. The number of hydrogen-bond donors (Lipinski definition) is 0. The SMILES string of the molecule is CCn1c(CCl)nnc1-c1cc(C)cc(C)c1. The van der Waals surface area contributed by atoms with Crippen LogP contribution >= 0.6 is 11.6 Å². The van der Waals surface area contributed by atoms with E-state index in [1.807, 2.05) is 0 Å². The zero-order valence-corrected chi connectivity index (χ0v) is 11.1. The molecule has 0 aliphatic carbocycles. The molecule has 3 nitrogen and oxygen atoms in total. The Hall–Kier alpha value is -1.35. The Morgan fingerprint density at radius 1 is 1.12 bits per heavy atom. The van der Waals surface area contributed by atoms with Gasteiger partial charge in [0.2, 0.25) is 0 Å². The van der Waals surface area contributed by atoms with Crippen LogP contribution in [0.5, 0.6) is 0 Å². The molecule has 0 aliphatic heterocycles. The number of halogens is 1. The molecule has 2 aromatic rings. The molecule has 0 unspecified atom stereocenters. The van der Waals surface area contributed by atoms with Gasteiger partial charge in [0.05, 0.1) is 5.88 Å². The first kappa shape index (κ1) is 12.1. The van der Waals surface area contributed by atoms with Crippen molar-refractivity contribution in [2.45, 2.75) is 33.2 Å². The minimum Gasteiger partial charge on any atom is -0.310 e. The van der Waals surface area contributed by atoms with E-state index in [1.54, 1.807) is 0 Å². The highest BCUT2D eigenvalue weighted by Gasteiger charge is 2.12. The van der Waals surface area contributed by atoms with Crippen LogP contribution < -0.4 is 0 Å². The molecule has 0 spiro atoms. The maximum Gasteiger partial charge on any atom is 0.163 e. The highest BCUT2D eigenvalue weighted by Crippen LogP contribution is 2.21. The Morgan fingerprint density at radius 3 is 2.29 bits per heavy atom. The Morgan fingerprint density at radius 2 is 1.76 bits per heavy atom. The first-order chi connectivity index (χ1) is 8.15. The van der Waals surface area contributed by atoms with Gasteiger partial charge >= 0.3 is 0 Å². The van der Waals surface area contributed by atoms with Crippen LogP contribution in [0.1, 0.15) is 23.9 Å². The zero-order valence-electron chi connectivity index (χ0n) is 10.4. The predicted molar refractivity (Wildman–Crippen MR) is 70.2 cm³/mol. The molecule has 90 valence electrons. The number of benzene rings is 1. The summed E-state index contributed by atoms with van der Waals surface area (Å²) < 4.78 is 2.06. The normalized spacial score (nSPS) is 10.8. The summed E-state index contributed by atoms with van der Waals surface area (Å²) >= 11 is 5.85. The van der Waals surface area contributed by atoms with Crippen LogP contribution in [0.15, 0.2) is 18.2 Å². The summed E-state index contributed by atoms with van der Waals surface area (Å²) in [5.74, 6) is 2.12. The number of aryl methyl sites for hydroxylation is 2. The Labute approximate surface area is 106 Å². The summed E-state index contributed by atoms with van der Waals surface area (Å²) in [6.45, 7) is 7.08. The molecule has 4 heteroatoms. The number of rotatable bonds is 3. The molecule has 0 aliphatic rings. The molecule has 1 heterocycles. The van der Waals surface area contributed by atoms with E-state index in [-0.39, 0.29) is 0 Å². The molecule has 0 N–H and O–H groups in total. The van der Waals surface area contributed by atoms with E-state index in [9.17, 15) is 0 Å². The highest BCUT2D eigenvalue weighted by atomic mass is 35.5. The lowest BCUT2D eigenvalue weighted by atomic mass is 10.1. The molecule has 0 saturated heterocycles. The van der Waals surface area contributed by atoms with E-state index in [4.69, 9.17) is 11.6 Å². The number of aromatic nitrogens is 3. The minimum atomic E-state index is 0.394. The lowest BCUT2D eigenvalue weighted by Crippen LogP contribution is -2.02. The smallest absolute Gasteiger partial charge is 0.163 e. The predicted octanol–water partition coefficient (Wildman–Crippen LogP) is 3.32. The van der Waals surface area contributed by atoms with Gasteiger partial charge in [0.1, 0.15) is 5.82 Å². The van der Waals surface area contributed by atoms with Gasteiger partial charge in [-0.05, 0) is 32.9 Å². The van der Waals surface area contributed by atoms with Crippen molar-refractivity contribution < 1.29 is 0 Å². The Balaban J connectivity index is 2.55. The van der Waals surface area contributed by atoms with Crippen molar-refractivity contribution in [2.75, 3.05) is 0 Å². The molecule has 1 aromatic heterocycles. The lowest BCUT2D eigenvalue weighted by molar-refractivity contribution is 0.731. The van der Waals surface area contributed by atoms with E-state index in [2.05, 4.69) is 53.7 Å². The zero-order chi connectivity index (χ0) is 12.4. The number of alkyl halides is 1. The van der Waals surface area contributed by atoms with Gasteiger partial charge in [-0.2, -0.15) is 0 Å². The summed E-state index contributed by atoms with van der Waals surface area (Å²) in [6.07, 6.45) is 0. The molecular weight excluding hydrogens is 234 g/mol. The average Bonchev–Trinajstić information content (AvgIpc) is 2.70. The molecule has 0 saturated carbocycles. The Kier molecular flexibility index (Phi) is 3.48.